The van der Waals surface area contributed by atoms with Crippen molar-refractivity contribution in [3.05, 3.63) is 60.3 Å². The Morgan fingerprint density at radius 1 is 1.17 bits per heavy atom. The number of nitrogens with one attached hydrogen (secondary N) is 1. The third-order valence-corrected chi connectivity index (χ3v) is 4.52. The van der Waals surface area contributed by atoms with Crippen molar-refractivity contribution in [1.82, 2.24) is 4.57 Å². The Bertz CT molecular complexity index is 1090. The predicted octanol–water partition coefficient (Wildman–Crippen LogP) is 5.00. The van der Waals surface area contributed by atoms with Gasteiger partial charge in [-0.05, 0) is 38.1 Å². The molecule has 3 aromatic rings. The molecule has 1 N–H and O–H groups in total. The van der Waals surface area contributed by atoms with Gasteiger partial charge in [0.05, 0.1) is 31.4 Å². The number of aromatic nitrogens is 1. The van der Waals surface area contributed by atoms with E-state index in [4.69, 9.17) is 14.7 Å². The number of amides is 1. The van der Waals surface area contributed by atoms with Crippen LogP contribution in [0.2, 0.25) is 0 Å². The number of carbonyl (C=O) groups excluding carboxylic acids is 1. The van der Waals surface area contributed by atoms with E-state index >= 15 is 0 Å². The highest BCUT2D eigenvalue weighted by molar-refractivity contribution is 6.04. The highest BCUT2D eigenvalue weighted by Crippen LogP contribution is 2.29. The Morgan fingerprint density at radius 3 is 2.73 bits per heavy atom. The fourth-order valence-corrected chi connectivity index (χ4v) is 3.25. The van der Waals surface area contributed by atoms with Gasteiger partial charge in [0, 0.05) is 41.4 Å². The molecule has 0 atom stereocenters. The Labute approximate surface area is 176 Å². The Hall–Kier alpha value is -3.72. The molecule has 0 saturated carbocycles. The standard InChI is InChI=1S/C24H25N3O3/c1-3-29-19-11-12-23(30-4-2)21(16-19)26-24(28)13-10-18-17-27(15-7-14-25)22-9-6-5-8-20(18)22/h5-6,8-13,16-17H,3-4,7,15H2,1-2H3,(H,26,28). The van der Waals surface area contributed by atoms with Crippen LogP contribution in [0, 0.1) is 11.3 Å². The summed E-state index contributed by atoms with van der Waals surface area (Å²) in [4.78, 5) is 12.6. The number of anilines is 1. The minimum atomic E-state index is -0.265. The molecule has 0 fully saturated rings. The number of fused-ring (bicyclic) bond motifs is 1. The van der Waals surface area contributed by atoms with Crippen LogP contribution >= 0.6 is 0 Å². The van der Waals surface area contributed by atoms with Crippen LogP contribution < -0.4 is 14.8 Å². The van der Waals surface area contributed by atoms with Crippen LogP contribution in [0.15, 0.2) is 54.7 Å². The minimum absolute atomic E-state index is 0.265. The average Bonchev–Trinajstić information content (AvgIpc) is 3.11. The maximum absolute atomic E-state index is 12.6. The molecule has 1 aromatic heterocycles. The molecule has 0 aliphatic heterocycles. The number of benzene rings is 2. The number of nitrogens with zero attached hydrogens (tertiary/aromatic N) is 2. The van der Waals surface area contributed by atoms with Gasteiger partial charge in [0.2, 0.25) is 5.91 Å². The second-order valence-electron chi connectivity index (χ2n) is 6.55. The Balaban J connectivity index is 1.81. The van der Waals surface area contributed by atoms with E-state index in [9.17, 15) is 4.79 Å². The number of aryl methyl sites for hydroxylation is 1. The van der Waals surface area contributed by atoms with Crippen molar-refractivity contribution >= 4 is 28.6 Å². The normalized spacial score (nSPS) is 10.8. The topological polar surface area (TPSA) is 76.3 Å². The van der Waals surface area contributed by atoms with Gasteiger partial charge in [0.15, 0.2) is 0 Å². The molecule has 0 bridgehead atoms. The summed E-state index contributed by atoms with van der Waals surface area (Å²) in [5.74, 6) is 0.995. The average molecular weight is 403 g/mol. The highest BCUT2D eigenvalue weighted by atomic mass is 16.5. The van der Waals surface area contributed by atoms with Crippen LogP contribution in [0.3, 0.4) is 0 Å². The van der Waals surface area contributed by atoms with Gasteiger partial charge in [-0.15, -0.1) is 0 Å². The molecule has 0 radical (unpaired) electrons. The zero-order chi connectivity index (χ0) is 21.3. The smallest absolute Gasteiger partial charge is 0.248 e. The second-order valence-corrected chi connectivity index (χ2v) is 6.55. The first-order chi connectivity index (χ1) is 14.7. The monoisotopic (exact) mass is 403 g/mol. The molecule has 2 aromatic carbocycles. The maximum Gasteiger partial charge on any atom is 0.248 e. The molecule has 0 saturated heterocycles. The van der Waals surface area contributed by atoms with Crippen molar-refractivity contribution in [3.63, 3.8) is 0 Å². The molecule has 154 valence electrons. The number of nitriles is 1. The van der Waals surface area contributed by atoms with Crippen molar-refractivity contribution in [2.45, 2.75) is 26.8 Å². The summed E-state index contributed by atoms with van der Waals surface area (Å²) in [6, 6.07) is 15.5. The van der Waals surface area contributed by atoms with Crippen LogP contribution in [0.25, 0.3) is 17.0 Å². The van der Waals surface area contributed by atoms with Gasteiger partial charge < -0.3 is 19.4 Å². The lowest BCUT2D eigenvalue weighted by molar-refractivity contribution is -0.111. The molecule has 1 heterocycles. The number of hydrogen-bond donors (Lipinski definition) is 1. The molecular formula is C24H25N3O3. The quantitative estimate of drug-likeness (QED) is 0.510. The molecule has 6 heteroatoms. The van der Waals surface area contributed by atoms with E-state index in [1.54, 1.807) is 18.2 Å². The summed E-state index contributed by atoms with van der Waals surface area (Å²) in [5.41, 5.74) is 2.52. The van der Waals surface area contributed by atoms with Gasteiger partial charge in [0.1, 0.15) is 11.5 Å². The van der Waals surface area contributed by atoms with Gasteiger partial charge in [0.25, 0.3) is 0 Å². The van der Waals surface area contributed by atoms with Crippen molar-refractivity contribution in [2.24, 2.45) is 0 Å². The molecule has 30 heavy (non-hydrogen) atoms. The first-order valence-corrected chi connectivity index (χ1v) is 9.99. The molecule has 0 unspecified atom stereocenters. The fourth-order valence-electron chi connectivity index (χ4n) is 3.25. The Morgan fingerprint density at radius 2 is 1.97 bits per heavy atom. The SMILES string of the molecule is CCOc1ccc(OCC)c(NC(=O)C=Cc2cn(CCC#N)c3ccccc23)c1. The van der Waals surface area contributed by atoms with Gasteiger partial charge in [-0.1, -0.05) is 18.2 Å². The lowest BCUT2D eigenvalue weighted by Gasteiger charge is -2.12. The van der Waals surface area contributed by atoms with E-state index in [-0.39, 0.29) is 5.91 Å². The molecule has 0 aliphatic rings. The first-order valence-electron chi connectivity index (χ1n) is 9.99. The van der Waals surface area contributed by atoms with Crippen LogP contribution in [-0.2, 0) is 11.3 Å². The van der Waals surface area contributed by atoms with E-state index < -0.39 is 0 Å². The summed E-state index contributed by atoms with van der Waals surface area (Å²) in [6.07, 6.45) is 5.68. The molecule has 0 spiro atoms. The lowest BCUT2D eigenvalue weighted by atomic mass is 10.1. The van der Waals surface area contributed by atoms with Crippen molar-refractivity contribution in [2.75, 3.05) is 18.5 Å². The second kappa shape index (κ2) is 10.2. The molecule has 3 rings (SSSR count). The molecule has 1 amide bonds. The number of ether oxygens (including phenoxy) is 2. The third-order valence-electron chi connectivity index (χ3n) is 4.52. The summed E-state index contributed by atoms with van der Waals surface area (Å²) in [5, 5.41) is 12.8. The van der Waals surface area contributed by atoms with Gasteiger partial charge in [-0.2, -0.15) is 5.26 Å². The predicted molar refractivity (Wildman–Crippen MR) is 119 cm³/mol. The van der Waals surface area contributed by atoms with E-state index in [0.717, 1.165) is 16.5 Å². The number of hydrogen-bond acceptors (Lipinski definition) is 4. The van der Waals surface area contributed by atoms with Gasteiger partial charge in [-0.25, -0.2) is 0 Å². The molecular weight excluding hydrogens is 378 g/mol. The highest BCUT2D eigenvalue weighted by Gasteiger charge is 2.10. The maximum atomic E-state index is 12.6. The van der Waals surface area contributed by atoms with Crippen molar-refractivity contribution in [1.29, 1.82) is 5.26 Å². The number of carbonyl (C=O) groups is 1. The summed E-state index contributed by atoms with van der Waals surface area (Å²) in [6.45, 7) is 5.44. The van der Waals surface area contributed by atoms with E-state index in [1.807, 2.05) is 54.9 Å². The van der Waals surface area contributed by atoms with Crippen LogP contribution in [-0.4, -0.2) is 23.7 Å². The molecule has 0 aliphatic carbocycles. The van der Waals surface area contributed by atoms with Crippen molar-refractivity contribution < 1.29 is 14.3 Å². The Kier molecular flexibility index (Phi) is 7.12. The van der Waals surface area contributed by atoms with E-state index in [0.29, 0.717) is 43.4 Å². The zero-order valence-electron chi connectivity index (χ0n) is 17.2. The number of para-hydroxylation sites is 1. The van der Waals surface area contributed by atoms with Crippen molar-refractivity contribution in [3.8, 4) is 17.6 Å². The third kappa shape index (κ3) is 5.00. The largest absolute Gasteiger partial charge is 0.494 e. The summed E-state index contributed by atoms with van der Waals surface area (Å²) < 4.78 is 13.2. The van der Waals surface area contributed by atoms with Crippen LogP contribution in [0.4, 0.5) is 5.69 Å². The molecule has 6 nitrogen and oxygen atoms in total. The first kappa shape index (κ1) is 21.0. The van der Waals surface area contributed by atoms with Gasteiger partial charge >= 0.3 is 0 Å². The minimum Gasteiger partial charge on any atom is -0.494 e. The van der Waals surface area contributed by atoms with E-state index in [2.05, 4.69) is 11.4 Å². The lowest BCUT2D eigenvalue weighted by Crippen LogP contribution is -2.10. The van der Waals surface area contributed by atoms with Crippen LogP contribution in [0.1, 0.15) is 25.8 Å². The van der Waals surface area contributed by atoms with Crippen LogP contribution in [0.5, 0.6) is 11.5 Å². The fraction of sp³-hybridized carbons (Fsp3) is 0.250. The van der Waals surface area contributed by atoms with E-state index in [1.165, 1.54) is 6.08 Å². The zero-order valence-corrected chi connectivity index (χ0v) is 17.2. The summed E-state index contributed by atoms with van der Waals surface area (Å²) in [7, 11) is 0. The van der Waals surface area contributed by atoms with Gasteiger partial charge in [-0.3, -0.25) is 4.79 Å². The number of rotatable bonds is 9. The summed E-state index contributed by atoms with van der Waals surface area (Å²) >= 11 is 0.